The minimum Gasteiger partial charge on any atom is -0.361 e. The van der Waals surface area contributed by atoms with Crippen LogP contribution in [0.1, 0.15) is 12.1 Å². The maximum atomic E-state index is 4.45. The first-order chi connectivity index (χ1) is 12.4. The molecule has 124 valence electrons. The Morgan fingerprint density at radius 3 is 3.00 bits per heavy atom. The molecular weight excluding hydrogens is 312 g/mol. The highest BCUT2D eigenvalue weighted by Crippen LogP contribution is 2.29. The van der Waals surface area contributed by atoms with E-state index < -0.39 is 0 Å². The summed E-state index contributed by atoms with van der Waals surface area (Å²) in [6, 6.07) is 10.4. The number of hydrogen-bond donors (Lipinski definition) is 4. The van der Waals surface area contributed by atoms with Crippen molar-refractivity contribution in [3.63, 3.8) is 0 Å². The average molecular weight is 330 g/mol. The van der Waals surface area contributed by atoms with Crippen LogP contribution in [-0.2, 0) is 0 Å². The lowest BCUT2D eigenvalue weighted by molar-refractivity contribution is 0.737. The minimum atomic E-state index is 0.817. The van der Waals surface area contributed by atoms with Gasteiger partial charge in [0, 0.05) is 35.0 Å². The van der Waals surface area contributed by atoms with Gasteiger partial charge >= 0.3 is 0 Å². The van der Waals surface area contributed by atoms with E-state index in [-0.39, 0.29) is 0 Å². The second-order valence-corrected chi connectivity index (χ2v) is 6.26. The number of aromatic amines is 2. The fourth-order valence-electron chi connectivity index (χ4n) is 3.35. The summed E-state index contributed by atoms with van der Waals surface area (Å²) in [6.45, 7) is 1.92. The van der Waals surface area contributed by atoms with Crippen LogP contribution >= 0.6 is 0 Å². The molecule has 0 bridgehead atoms. The Morgan fingerprint density at radius 1 is 1.08 bits per heavy atom. The van der Waals surface area contributed by atoms with Gasteiger partial charge in [0.25, 0.3) is 0 Å². The van der Waals surface area contributed by atoms with E-state index in [0.717, 1.165) is 53.3 Å². The van der Waals surface area contributed by atoms with Gasteiger partial charge in [-0.3, -0.25) is 0 Å². The molecule has 4 N–H and O–H groups in total. The molecule has 1 aliphatic rings. The number of nitrogens with zero attached hydrogens (tertiary/aromatic N) is 2. The molecule has 5 rings (SSSR count). The molecule has 4 aromatic rings. The Kier molecular flexibility index (Phi) is 3.28. The van der Waals surface area contributed by atoms with Crippen LogP contribution in [0.15, 0.2) is 48.9 Å². The molecule has 25 heavy (non-hydrogen) atoms. The Hall–Kier alpha value is -3.12. The molecule has 6 nitrogen and oxygen atoms in total. The second-order valence-electron chi connectivity index (χ2n) is 6.26. The molecule has 0 radical (unpaired) electrons. The summed E-state index contributed by atoms with van der Waals surface area (Å²) in [5.41, 5.74) is 5.45. The Morgan fingerprint density at radius 2 is 2.08 bits per heavy atom. The summed E-state index contributed by atoms with van der Waals surface area (Å²) in [4.78, 5) is 15.5. The molecule has 0 amide bonds. The van der Waals surface area contributed by atoms with E-state index in [0.29, 0.717) is 0 Å². The van der Waals surface area contributed by atoms with Gasteiger partial charge < -0.3 is 20.6 Å². The monoisotopic (exact) mass is 330 g/mol. The zero-order valence-corrected chi connectivity index (χ0v) is 13.6. The first-order valence-corrected chi connectivity index (χ1v) is 8.45. The SMILES string of the molecule is C1=C(c2cc3c(Nc4ccc5[nH]ccc5c4)ncnc3[nH]2)CCNC1. The van der Waals surface area contributed by atoms with Crippen molar-refractivity contribution in [2.45, 2.75) is 6.42 Å². The van der Waals surface area contributed by atoms with Gasteiger partial charge in [0.2, 0.25) is 0 Å². The van der Waals surface area contributed by atoms with E-state index in [4.69, 9.17) is 0 Å². The highest BCUT2D eigenvalue weighted by molar-refractivity contribution is 5.93. The van der Waals surface area contributed by atoms with Crippen molar-refractivity contribution < 1.29 is 0 Å². The zero-order chi connectivity index (χ0) is 16.6. The Labute approximate surface area is 144 Å². The molecule has 0 saturated heterocycles. The van der Waals surface area contributed by atoms with Crippen LogP contribution in [0, 0.1) is 0 Å². The molecular formula is C19H18N6. The lowest BCUT2D eigenvalue weighted by atomic mass is 10.1. The fraction of sp³-hybridized carbons (Fsp3) is 0.158. The van der Waals surface area contributed by atoms with Crippen LogP contribution in [0.4, 0.5) is 11.5 Å². The number of nitrogens with one attached hydrogen (secondary N) is 4. The van der Waals surface area contributed by atoms with Gasteiger partial charge in [-0.25, -0.2) is 9.97 Å². The molecule has 6 heteroatoms. The van der Waals surface area contributed by atoms with E-state index in [9.17, 15) is 0 Å². The Bertz CT molecular complexity index is 1090. The van der Waals surface area contributed by atoms with Crippen molar-refractivity contribution in [3.8, 4) is 0 Å². The van der Waals surface area contributed by atoms with E-state index in [2.05, 4.69) is 67.0 Å². The number of H-pyrrole nitrogens is 2. The largest absolute Gasteiger partial charge is 0.361 e. The summed E-state index contributed by atoms with van der Waals surface area (Å²) >= 11 is 0. The lowest BCUT2D eigenvalue weighted by Gasteiger charge is -2.12. The number of fused-ring (bicyclic) bond motifs is 2. The van der Waals surface area contributed by atoms with Gasteiger partial charge in [0.05, 0.1) is 5.39 Å². The van der Waals surface area contributed by atoms with Crippen LogP contribution < -0.4 is 10.6 Å². The third-order valence-corrected chi connectivity index (χ3v) is 4.65. The molecule has 0 fully saturated rings. The molecule has 1 aromatic carbocycles. The Balaban J connectivity index is 1.54. The smallest absolute Gasteiger partial charge is 0.143 e. The van der Waals surface area contributed by atoms with Gasteiger partial charge in [0.15, 0.2) is 0 Å². The van der Waals surface area contributed by atoms with Crippen LogP contribution in [0.3, 0.4) is 0 Å². The summed E-state index contributed by atoms with van der Waals surface area (Å²) in [6.07, 6.45) is 6.79. The minimum absolute atomic E-state index is 0.817. The van der Waals surface area contributed by atoms with Gasteiger partial charge in [0.1, 0.15) is 17.8 Å². The van der Waals surface area contributed by atoms with Crippen molar-refractivity contribution in [1.82, 2.24) is 25.3 Å². The van der Waals surface area contributed by atoms with Gasteiger partial charge in [-0.1, -0.05) is 6.08 Å². The second kappa shape index (κ2) is 5.75. The van der Waals surface area contributed by atoms with Gasteiger partial charge in [-0.15, -0.1) is 0 Å². The first kappa shape index (κ1) is 14.2. The molecule has 0 spiro atoms. The molecule has 1 aliphatic heterocycles. The van der Waals surface area contributed by atoms with E-state index >= 15 is 0 Å². The average Bonchev–Trinajstić information content (AvgIpc) is 3.29. The van der Waals surface area contributed by atoms with Crippen molar-refractivity contribution in [1.29, 1.82) is 0 Å². The molecule has 0 atom stereocenters. The summed E-state index contributed by atoms with van der Waals surface area (Å²) in [7, 11) is 0. The maximum Gasteiger partial charge on any atom is 0.143 e. The van der Waals surface area contributed by atoms with Crippen molar-refractivity contribution in [3.05, 3.63) is 54.6 Å². The third kappa shape index (κ3) is 2.56. The van der Waals surface area contributed by atoms with E-state index in [1.54, 1.807) is 6.33 Å². The molecule has 4 heterocycles. The normalized spacial score (nSPS) is 14.8. The van der Waals surface area contributed by atoms with Crippen molar-refractivity contribution in [2.75, 3.05) is 18.4 Å². The standard InChI is InChI=1S/C19H18N6/c1-2-16-13(5-8-21-16)9-14(1)24-18-15-10-17(12-3-6-20-7-4-12)25-19(15)23-11-22-18/h1-3,5,8-11,20-21H,4,6-7H2,(H2,22,23,24,25). The quantitative estimate of drug-likeness (QED) is 0.463. The van der Waals surface area contributed by atoms with Crippen LogP contribution in [0.5, 0.6) is 0 Å². The fourth-order valence-corrected chi connectivity index (χ4v) is 3.35. The predicted octanol–water partition coefficient (Wildman–Crippen LogP) is 3.56. The third-order valence-electron chi connectivity index (χ3n) is 4.65. The summed E-state index contributed by atoms with van der Waals surface area (Å²) in [5, 5.41) is 8.95. The van der Waals surface area contributed by atoms with Crippen LogP contribution in [-0.4, -0.2) is 33.0 Å². The number of aromatic nitrogens is 4. The summed E-state index contributed by atoms with van der Waals surface area (Å²) < 4.78 is 0. The van der Waals surface area contributed by atoms with Crippen LogP contribution in [0.25, 0.3) is 27.5 Å². The van der Waals surface area contributed by atoms with Crippen molar-refractivity contribution >= 4 is 39.0 Å². The van der Waals surface area contributed by atoms with Crippen LogP contribution in [0.2, 0.25) is 0 Å². The topological polar surface area (TPSA) is 81.4 Å². The predicted molar refractivity (Wildman–Crippen MR) is 101 cm³/mol. The van der Waals surface area contributed by atoms with E-state index in [1.807, 2.05) is 6.20 Å². The lowest BCUT2D eigenvalue weighted by Crippen LogP contribution is -2.20. The van der Waals surface area contributed by atoms with E-state index in [1.165, 1.54) is 11.0 Å². The van der Waals surface area contributed by atoms with Gasteiger partial charge in [-0.2, -0.15) is 0 Å². The number of hydrogen-bond acceptors (Lipinski definition) is 4. The number of rotatable bonds is 3. The number of benzene rings is 1. The molecule has 0 unspecified atom stereocenters. The zero-order valence-electron chi connectivity index (χ0n) is 13.6. The number of anilines is 2. The maximum absolute atomic E-state index is 4.45. The summed E-state index contributed by atoms with van der Waals surface area (Å²) in [5.74, 6) is 0.817. The molecule has 0 aliphatic carbocycles. The van der Waals surface area contributed by atoms with Gasteiger partial charge in [-0.05, 0) is 48.9 Å². The molecule has 3 aromatic heterocycles. The highest BCUT2D eigenvalue weighted by Gasteiger charge is 2.12. The molecule has 0 saturated carbocycles. The first-order valence-electron chi connectivity index (χ1n) is 8.45. The van der Waals surface area contributed by atoms with Crippen molar-refractivity contribution in [2.24, 2.45) is 0 Å². The highest BCUT2D eigenvalue weighted by atomic mass is 15.0.